The summed E-state index contributed by atoms with van der Waals surface area (Å²) < 4.78 is 14.1. The van der Waals surface area contributed by atoms with Crippen LogP contribution in [-0.2, 0) is 18.0 Å². The van der Waals surface area contributed by atoms with Crippen molar-refractivity contribution in [1.29, 1.82) is 0 Å². The van der Waals surface area contributed by atoms with Gasteiger partial charge in [-0.15, -0.1) is 5.10 Å². The standard InChI is InChI=1S/C21H24N6O4/c1-13-14(2)26(7-8-28)20-19(13)21-24-18(25-27(21)12-22-20)11-31-23-10-15-5-6-16(29-3)17(9-15)30-4/h5-6,9-10,12,28H,7-8,11H2,1-4H3. The van der Waals surface area contributed by atoms with Gasteiger partial charge in [0.25, 0.3) is 0 Å². The van der Waals surface area contributed by atoms with Crippen LogP contribution in [0.1, 0.15) is 22.6 Å². The van der Waals surface area contributed by atoms with Crippen molar-refractivity contribution in [3.8, 4) is 11.5 Å². The molecular weight excluding hydrogens is 400 g/mol. The average molecular weight is 424 g/mol. The minimum absolute atomic E-state index is 0.0424. The number of rotatable bonds is 8. The van der Waals surface area contributed by atoms with Gasteiger partial charge < -0.3 is 24.0 Å². The largest absolute Gasteiger partial charge is 0.493 e. The monoisotopic (exact) mass is 424 g/mol. The van der Waals surface area contributed by atoms with E-state index in [1.54, 1.807) is 43.4 Å². The lowest BCUT2D eigenvalue weighted by Crippen LogP contribution is -2.05. The van der Waals surface area contributed by atoms with E-state index in [9.17, 15) is 5.11 Å². The van der Waals surface area contributed by atoms with E-state index in [2.05, 4.69) is 20.2 Å². The molecule has 31 heavy (non-hydrogen) atoms. The van der Waals surface area contributed by atoms with Gasteiger partial charge in [0.2, 0.25) is 0 Å². The zero-order valence-electron chi connectivity index (χ0n) is 17.9. The van der Waals surface area contributed by atoms with Crippen molar-refractivity contribution in [3.63, 3.8) is 0 Å². The Bertz CT molecular complexity index is 1260. The number of aliphatic hydroxyl groups is 1. The van der Waals surface area contributed by atoms with Crippen molar-refractivity contribution in [2.75, 3.05) is 20.8 Å². The minimum atomic E-state index is 0.0424. The lowest BCUT2D eigenvalue weighted by atomic mass is 10.2. The normalized spacial score (nSPS) is 11.6. The van der Waals surface area contributed by atoms with E-state index < -0.39 is 0 Å². The van der Waals surface area contributed by atoms with Gasteiger partial charge >= 0.3 is 0 Å². The molecule has 1 N–H and O–H groups in total. The molecule has 3 aromatic heterocycles. The van der Waals surface area contributed by atoms with Crippen LogP contribution in [0.15, 0.2) is 29.7 Å². The maximum Gasteiger partial charge on any atom is 0.192 e. The molecule has 4 aromatic rings. The molecule has 0 aliphatic rings. The summed E-state index contributed by atoms with van der Waals surface area (Å²) in [4.78, 5) is 14.5. The van der Waals surface area contributed by atoms with Crippen molar-refractivity contribution < 1.29 is 19.4 Å². The van der Waals surface area contributed by atoms with E-state index >= 15 is 0 Å². The van der Waals surface area contributed by atoms with Gasteiger partial charge in [-0.3, -0.25) is 0 Å². The predicted octanol–water partition coefficient (Wildman–Crippen LogP) is 2.26. The number of methoxy groups -OCH3 is 2. The van der Waals surface area contributed by atoms with Crippen LogP contribution >= 0.6 is 0 Å². The highest BCUT2D eigenvalue weighted by molar-refractivity contribution is 5.93. The van der Waals surface area contributed by atoms with Crippen LogP contribution in [0.2, 0.25) is 0 Å². The first kappa shape index (κ1) is 20.6. The van der Waals surface area contributed by atoms with Crippen LogP contribution in [0.5, 0.6) is 11.5 Å². The molecule has 0 radical (unpaired) electrons. The summed E-state index contributed by atoms with van der Waals surface area (Å²) in [6.07, 6.45) is 3.20. The summed E-state index contributed by atoms with van der Waals surface area (Å²) in [6.45, 7) is 4.66. The van der Waals surface area contributed by atoms with E-state index in [0.29, 0.717) is 29.5 Å². The molecular formula is C21H24N6O4. The van der Waals surface area contributed by atoms with Crippen molar-refractivity contribution in [3.05, 3.63) is 47.2 Å². The van der Waals surface area contributed by atoms with Crippen LogP contribution in [0.3, 0.4) is 0 Å². The summed E-state index contributed by atoms with van der Waals surface area (Å²) in [7, 11) is 3.17. The van der Waals surface area contributed by atoms with Gasteiger partial charge in [-0.2, -0.15) is 0 Å². The molecule has 10 nitrogen and oxygen atoms in total. The highest BCUT2D eigenvalue weighted by atomic mass is 16.6. The van der Waals surface area contributed by atoms with E-state index in [0.717, 1.165) is 27.9 Å². The summed E-state index contributed by atoms with van der Waals surface area (Å²) in [5.74, 6) is 1.75. The van der Waals surface area contributed by atoms with Gasteiger partial charge in [0.15, 0.2) is 29.6 Å². The average Bonchev–Trinajstić information content (AvgIpc) is 3.31. The number of aryl methyl sites for hydroxylation is 1. The van der Waals surface area contributed by atoms with Crippen molar-refractivity contribution in [1.82, 2.24) is 24.1 Å². The Morgan fingerprint density at radius 2 is 1.94 bits per heavy atom. The fraction of sp³-hybridized carbons (Fsp3) is 0.333. The third-order valence-corrected chi connectivity index (χ3v) is 5.19. The Labute approximate surface area is 178 Å². The molecule has 0 atom stereocenters. The van der Waals surface area contributed by atoms with Gasteiger partial charge in [-0.25, -0.2) is 14.5 Å². The number of hydrogen-bond acceptors (Lipinski definition) is 8. The molecule has 0 aliphatic carbocycles. The van der Waals surface area contributed by atoms with Crippen LogP contribution in [-0.4, -0.2) is 56.3 Å². The molecule has 0 bridgehead atoms. The second kappa shape index (κ2) is 8.60. The first-order valence-corrected chi connectivity index (χ1v) is 9.75. The lowest BCUT2D eigenvalue weighted by Gasteiger charge is -2.07. The lowest BCUT2D eigenvalue weighted by molar-refractivity contribution is 0.126. The highest BCUT2D eigenvalue weighted by Gasteiger charge is 2.17. The van der Waals surface area contributed by atoms with Crippen LogP contribution in [0, 0.1) is 13.8 Å². The second-order valence-corrected chi connectivity index (χ2v) is 6.95. The van der Waals surface area contributed by atoms with E-state index in [4.69, 9.17) is 14.3 Å². The summed E-state index contributed by atoms with van der Waals surface area (Å²) in [5.41, 5.74) is 4.40. The Morgan fingerprint density at radius 3 is 2.68 bits per heavy atom. The maximum atomic E-state index is 9.36. The maximum absolute atomic E-state index is 9.36. The van der Waals surface area contributed by atoms with E-state index in [-0.39, 0.29) is 13.2 Å². The zero-order valence-corrected chi connectivity index (χ0v) is 17.9. The molecule has 0 spiro atoms. The highest BCUT2D eigenvalue weighted by Crippen LogP contribution is 2.27. The third kappa shape index (κ3) is 3.77. The van der Waals surface area contributed by atoms with Gasteiger partial charge in [0.1, 0.15) is 12.0 Å². The molecule has 0 fully saturated rings. The zero-order chi connectivity index (χ0) is 22.0. The predicted molar refractivity (Wildman–Crippen MR) is 115 cm³/mol. The fourth-order valence-electron chi connectivity index (χ4n) is 3.54. The van der Waals surface area contributed by atoms with Crippen LogP contribution in [0.4, 0.5) is 0 Å². The minimum Gasteiger partial charge on any atom is -0.493 e. The molecule has 1 aromatic carbocycles. The smallest absolute Gasteiger partial charge is 0.192 e. The number of oxime groups is 1. The number of hydrogen-bond donors (Lipinski definition) is 1. The number of aromatic nitrogens is 5. The van der Waals surface area contributed by atoms with E-state index in [1.807, 2.05) is 24.5 Å². The first-order chi connectivity index (χ1) is 15.1. The fourth-order valence-corrected chi connectivity index (χ4v) is 3.54. The SMILES string of the molecule is COc1ccc(C=NOCc2nc3c4c(C)c(C)n(CCO)c4ncn3n2)cc1OC. The molecule has 0 aliphatic heterocycles. The number of fused-ring (bicyclic) bond motifs is 3. The van der Waals surface area contributed by atoms with Crippen molar-refractivity contribution in [2.24, 2.45) is 5.16 Å². The molecule has 10 heteroatoms. The van der Waals surface area contributed by atoms with Crippen molar-refractivity contribution >= 4 is 22.9 Å². The molecule has 0 amide bonds. The molecule has 0 unspecified atom stereocenters. The molecule has 0 saturated carbocycles. The van der Waals surface area contributed by atoms with Gasteiger partial charge in [-0.1, -0.05) is 5.16 Å². The Hall–Kier alpha value is -3.66. The van der Waals surface area contributed by atoms with Gasteiger partial charge in [0.05, 0.1) is 32.4 Å². The Kier molecular flexibility index (Phi) is 5.72. The molecule has 0 saturated heterocycles. The van der Waals surface area contributed by atoms with Gasteiger partial charge in [-0.05, 0) is 37.6 Å². The van der Waals surface area contributed by atoms with E-state index in [1.165, 1.54) is 0 Å². The first-order valence-electron chi connectivity index (χ1n) is 9.75. The quantitative estimate of drug-likeness (QED) is 0.341. The number of ether oxygens (including phenoxy) is 2. The topological polar surface area (TPSA) is 108 Å². The third-order valence-electron chi connectivity index (χ3n) is 5.19. The molecule has 162 valence electrons. The second-order valence-electron chi connectivity index (χ2n) is 6.95. The molecule has 3 heterocycles. The van der Waals surface area contributed by atoms with Gasteiger partial charge in [0, 0.05) is 17.8 Å². The number of nitrogens with zero attached hydrogens (tertiary/aromatic N) is 6. The Morgan fingerprint density at radius 1 is 1.13 bits per heavy atom. The Balaban J connectivity index is 1.54. The van der Waals surface area contributed by atoms with Crippen molar-refractivity contribution in [2.45, 2.75) is 27.0 Å². The van der Waals surface area contributed by atoms with Crippen LogP contribution in [0.25, 0.3) is 16.7 Å². The summed E-state index contributed by atoms with van der Waals surface area (Å²) >= 11 is 0. The van der Waals surface area contributed by atoms with Crippen LogP contribution < -0.4 is 9.47 Å². The molecule has 4 rings (SSSR count). The number of aliphatic hydroxyl groups excluding tert-OH is 1. The summed E-state index contributed by atoms with van der Waals surface area (Å²) in [5, 5.41) is 18.7. The number of benzene rings is 1. The summed E-state index contributed by atoms with van der Waals surface area (Å²) in [6, 6.07) is 5.46.